The summed E-state index contributed by atoms with van der Waals surface area (Å²) in [5, 5.41) is 2.88. The number of amides is 1. The Morgan fingerprint density at radius 3 is 2.53 bits per heavy atom. The molecule has 3 rings (SSSR count). The highest BCUT2D eigenvalue weighted by molar-refractivity contribution is 7.98. The molecule has 0 saturated heterocycles. The number of carbonyl (C=O) groups excluding carboxylic acids is 1. The molecule has 94 valence electrons. The molecular formula is C16H13NOS. The van der Waals surface area contributed by atoms with Crippen molar-refractivity contribution in [2.45, 2.75) is 4.90 Å². The molecule has 1 N–H and O–H groups in total. The number of rotatable bonds is 2. The smallest absolute Gasteiger partial charge is 0.256 e. The summed E-state index contributed by atoms with van der Waals surface area (Å²) in [6, 6.07) is 16.0. The summed E-state index contributed by atoms with van der Waals surface area (Å²) in [5.41, 5.74) is 3.63. The standard InChI is InChI=1S/C16H13NOS/c1-19-12-8-6-11(7-9-12)10-14-13-4-2-3-5-15(13)17-16(14)18/h2-10H,1H3,(H,17,18). The van der Waals surface area contributed by atoms with Gasteiger partial charge in [-0.15, -0.1) is 11.8 Å². The Labute approximate surface area is 116 Å². The Hall–Kier alpha value is -2.00. The van der Waals surface area contributed by atoms with Crippen LogP contribution in [0.15, 0.2) is 53.4 Å². The highest BCUT2D eigenvalue weighted by Gasteiger charge is 2.22. The largest absolute Gasteiger partial charge is 0.321 e. The molecule has 1 heterocycles. The number of benzene rings is 2. The van der Waals surface area contributed by atoms with Crippen LogP contribution in [0, 0.1) is 0 Å². The minimum atomic E-state index is -0.0323. The van der Waals surface area contributed by atoms with Crippen LogP contribution in [0.2, 0.25) is 0 Å². The van der Waals surface area contributed by atoms with Crippen LogP contribution in [0.1, 0.15) is 11.1 Å². The third kappa shape index (κ3) is 2.29. The number of anilines is 1. The normalized spacial score (nSPS) is 15.4. The first-order valence-electron chi connectivity index (χ1n) is 6.04. The highest BCUT2D eigenvalue weighted by atomic mass is 32.2. The summed E-state index contributed by atoms with van der Waals surface area (Å²) in [7, 11) is 0. The maximum Gasteiger partial charge on any atom is 0.256 e. The lowest BCUT2D eigenvalue weighted by Crippen LogP contribution is -2.03. The van der Waals surface area contributed by atoms with E-state index in [-0.39, 0.29) is 5.91 Å². The first-order chi connectivity index (χ1) is 9.28. The molecule has 0 atom stereocenters. The number of para-hydroxylation sites is 1. The van der Waals surface area contributed by atoms with Gasteiger partial charge in [-0.05, 0) is 36.1 Å². The molecule has 0 bridgehead atoms. The van der Waals surface area contributed by atoms with Gasteiger partial charge in [0.1, 0.15) is 0 Å². The van der Waals surface area contributed by atoms with Gasteiger partial charge in [0.15, 0.2) is 0 Å². The first-order valence-corrected chi connectivity index (χ1v) is 7.27. The van der Waals surface area contributed by atoms with Crippen molar-refractivity contribution in [3.63, 3.8) is 0 Å². The lowest BCUT2D eigenvalue weighted by atomic mass is 10.0. The van der Waals surface area contributed by atoms with E-state index in [1.807, 2.05) is 48.7 Å². The van der Waals surface area contributed by atoms with Crippen LogP contribution in [-0.4, -0.2) is 12.2 Å². The molecule has 3 heteroatoms. The van der Waals surface area contributed by atoms with Crippen LogP contribution in [0.4, 0.5) is 5.69 Å². The number of hydrogen-bond donors (Lipinski definition) is 1. The van der Waals surface area contributed by atoms with Gasteiger partial charge in [-0.3, -0.25) is 4.79 Å². The molecule has 19 heavy (non-hydrogen) atoms. The Morgan fingerprint density at radius 2 is 1.79 bits per heavy atom. The van der Waals surface area contributed by atoms with E-state index in [1.54, 1.807) is 11.8 Å². The molecule has 0 aromatic heterocycles. The minimum Gasteiger partial charge on any atom is -0.321 e. The van der Waals surface area contributed by atoms with E-state index in [0.29, 0.717) is 0 Å². The minimum absolute atomic E-state index is 0.0323. The van der Waals surface area contributed by atoms with Crippen LogP contribution in [0.25, 0.3) is 11.6 Å². The third-order valence-corrected chi connectivity index (χ3v) is 3.88. The summed E-state index contributed by atoms with van der Waals surface area (Å²) in [6.45, 7) is 0. The van der Waals surface area contributed by atoms with Gasteiger partial charge in [-0.1, -0.05) is 30.3 Å². The zero-order valence-corrected chi connectivity index (χ0v) is 11.3. The second-order valence-electron chi connectivity index (χ2n) is 4.33. The Morgan fingerprint density at radius 1 is 1.05 bits per heavy atom. The zero-order chi connectivity index (χ0) is 13.2. The molecule has 0 spiro atoms. The lowest BCUT2D eigenvalue weighted by Gasteiger charge is -2.00. The third-order valence-electron chi connectivity index (χ3n) is 3.14. The van der Waals surface area contributed by atoms with Crippen molar-refractivity contribution in [3.8, 4) is 0 Å². The second kappa shape index (κ2) is 4.94. The summed E-state index contributed by atoms with van der Waals surface area (Å²) >= 11 is 1.71. The van der Waals surface area contributed by atoms with Crippen molar-refractivity contribution >= 4 is 35.0 Å². The van der Waals surface area contributed by atoms with E-state index in [2.05, 4.69) is 17.4 Å². The van der Waals surface area contributed by atoms with Crippen LogP contribution >= 0.6 is 11.8 Å². The topological polar surface area (TPSA) is 29.1 Å². The van der Waals surface area contributed by atoms with E-state index in [9.17, 15) is 4.79 Å². The van der Waals surface area contributed by atoms with Crippen molar-refractivity contribution in [2.24, 2.45) is 0 Å². The zero-order valence-electron chi connectivity index (χ0n) is 10.5. The molecule has 0 unspecified atom stereocenters. The van der Waals surface area contributed by atoms with Gasteiger partial charge in [0, 0.05) is 21.7 Å². The number of nitrogens with one attached hydrogen (secondary N) is 1. The maximum absolute atomic E-state index is 12.0. The van der Waals surface area contributed by atoms with Gasteiger partial charge in [-0.25, -0.2) is 0 Å². The van der Waals surface area contributed by atoms with Gasteiger partial charge >= 0.3 is 0 Å². The van der Waals surface area contributed by atoms with Crippen LogP contribution in [0.3, 0.4) is 0 Å². The fourth-order valence-corrected chi connectivity index (χ4v) is 2.56. The number of hydrogen-bond acceptors (Lipinski definition) is 2. The second-order valence-corrected chi connectivity index (χ2v) is 5.21. The average Bonchev–Trinajstić information content (AvgIpc) is 2.76. The highest BCUT2D eigenvalue weighted by Crippen LogP contribution is 2.32. The lowest BCUT2D eigenvalue weighted by molar-refractivity contribution is -0.110. The summed E-state index contributed by atoms with van der Waals surface area (Å²) < 4.78 is 0. The molecule has 1 amide bonds. The van der Waals surface area contributed by atoms with Crippen molar-refractivity contribution in [2.75, 3.05) is 11.6 Å². The van der Waals surface area contributed by atoms with Crippen molar-refractivity contribution < 1.29 is 4.79 Å². The van der Waals surface area contributed by atoms with Crippen molar-refractivity contribution in [1.29, 1.82) is 0 Å². The molecular weight excluding hydrogens is 254 g/mol. The van der Waals surface area contributed by atoms with Gasteiger partial charge in [0.2, 0.25) is 0 Å². The van der Waals surface area contributed by atoms with E-state index in [4.69, 9.17) is 0 Å². The SMILES string of the molecule is CSc1ccc(C=C2C(=O)Nc3ccccc32)cc1. The van der Waals surface area contributed by atoms with Gasteiger partial charge < -0.3 is 5.32 Å². The molecule has 2 nitrogen and oxygen atoms in total. The van der Waals surface area contributed by atoms with E-state index in [1.165, 1.54) is 4.90 Å². The molecule has 0 fully saturated rings. The predicted octanol–water partition coefficient (Wildman–Crippen LogP) is 3.90. The fourth-order valence-electron chi connectivity index (χ4n) is 2.15. The number of fused-ring (bicyclic) bond motifs is 1. The Bertz CT molecular complexity index is 659. The van der Waals surface area contributed by atoms with Crippen LogP contribution in [-0.2, 0) is 4.79 Å². The molecule has 0 aliphatic carbocycles. The molecule has 1 aliphatic rings. The number of carbonyl (C=O) groups is 1. The van der Waals surface area contributed by atoms with E-state index in [0.717, 1.165) is 22.4 Å². The van der Waals surface area contributed by atoms with Crippen molar-refractivity contribution in [3.05, 3.63) is 59.7 Å². The monoisotopic (exact) mass is 267 g/mol. The summed E-state index contributed by atoms with van der Waals surface area (Å²) in [6.07, 6.45) is 3.99. The van der Waals surface area contributed by atoms with Gasteiger partial charge in [0.25, 0.3) is 5.91 Å². The van der Waals surface area contributed by atoms with Crippen molar-refractivity contribution in [1.82, 2.24) is 0 Å². The number of thioether (sulfide) groups is 1. The quantitative estimate of drug-likeness (QED) is 0.660. The van der Waals surface area contributed by atoms with E-state index >= 15 is 0 Å². The summed E-state index contributed by atoms with van der Waals surface area (Å²) in [4.78, 5) is 13.2. The Kier molecular flexibility index (Phi) is 3.13. The summed E-state index contributed by atoms with van der Waals surface area (Å²) in [5.74, 6) is -0.0323. The molecule has 0 radical (unpaired) electrons. The molecule has 2 aromatic carbocycles. The maximum atomic E-state index is 12.0. The van der Waals surface area contributed by atoms with Gasteiger partial charge in [0.05, 0.1) is 0 Å². The molecule has 2 aromatic rings. The predicted molar refractivity (Wildman–Crippen MR) is 81.2 cm³/mol. The van der Waals surface area contributed by atoms with E-state index < -0.39 is 0 Å². The first kappa shape index (κ1) is 12.1. The molecule has 1 aliphatic heterocycles. The van der Waals surface area contributed by atoms with Gasteiger partial charge in [-0.2, -0.15) is 0 Å². The van der Waals surface area contributed by atoms with Crippen LogP contribution < -0.4 is 5.32 Å². The Balaban J connectivity index is 2.01. The average molecular weight is 267 g/mol. The van der Waals surface area contributed by atoms with Crippen LogP contribution in [0.5, 0.6) is 0 Å². The molecule has 0 saturated carbocycles. The fraction of sp³-hybridized carbons (Fsp3) is 0.0625.